The molecule has 4 atom stereocenters. The van der Waals surface area contributed by atoms with E-state index in [-0.39, 0.29) is 46.7 Å². The van der Waals surface area contributed by atoms with Crippen LogP contribution in [0.5, 0.6) is 0 Å². The van der Waals surface area contributed by atoms with E-state index in [0.29, 0.717) is 23.7 Å². The van der Waals surface area contributed by atoms with E-state index in [4.69, 9.17) is 10.1 Å². The van der Waals surface area contributed by atoms with Gasteiger partial charge in [-0.15, -0.1) is 0 Å². The number of hydrogen-bond acceptors (Lipinski definition) is 9. The Morgan fingerprint density at radius 1 is 0.800 bits per heavy atom. The summed E-state index contributed by atoms with van der Waals surface area (Å²) in [6, 6.07) is 0.277. The predicted molar refractivity (Wildman–Crippen MR) is 141 cm³/mol. The molecule has 2 fully saturated rings. The molecule has 2 saturated heterocycles. The molecule has 2 aliphatic rings. The number of anilines is 3. The number of carboxylic acids is 1. The lowest BCUT2D eigenvalue weighted by molar-refractivity contribution is -0.134. The number of aliphatic carboxylic acids is 1. The van der Waals surface area contributed by atoms with Crippen molar-refractivity contribution in [2.24, 2.45) is 11.8 Å². The third-order valence-electron chi connectivity index (χ3n) is 7.93. The van der Waals surface area contributed by atoms with Gasteiger partial charge in [0, 0.05) is 34.2 Å². The van der Waals surface area contributed by atoms with Crippen molar-refractivity contribution in [3.63, 3.8) is 0 Å². The van der Waals surface area contributed by atoms with Gasteiger partial charge in [-0.25, -0.2) is 0 Å². The average Bonchev–Trinajstić information content (AvgIpc) is 2.66. The number of hydrogen-bond donors (Lipinski definition) is 6. The highest BCUT2D eigenvalue weighted by Gasteiger charge is 2.45. The maximum Gasteiger partial charge on any atom is 0.322 e. The van der Waals surface area contributed by atoms with Gasteiger partial charge in [-0.3, -0.25) is 4.79 Å². The van der Waals surface area contributed by atoms with Gasteiger partial charge >= 0.3 is 5.97 Å². The first-order chi connectivity index (χ1) is 15.9. The maximum atomic E-state index is 11.2. The average molecular weight is 491 g/mol. The first-order valence-corrected chi connectivity index (χ1v) is 12.7. The fourth-order valence-electron chi connectivity index (χ4n) is 5.96. The van der Waals surface area contributed by atoms with E-state index < -0.39 is 5.97 Å². The van der Waals surface area contributed by atoms with Gasteiger partial charge in [0.25, 0.3) is 0 Å². The van der Waals surface area contributed by atoms with Crippen LogP contribution in [-0.2, 0) is 4.79 Å². The van der Waals surface area contributed by atoms with Crippen LogP contribution in [0.25, 0.3) is 0 Å². The minimum absolute atomic E-state index is 0.0477. The third-order valence-corrected chi connectivity index (χ3v) is 7.93. The van der Waals surface area contributed by atoms with Crippen LogP contribution in [0.2, 0.25) is 0 Å². The van der Waals surface area contributed by atoms with Crippen molar-refractivity contribution in [3.05, 3.63) is 0 Å². The Hall–Kier alpha value is -2.20. The molecular formula is C25H46N8O2. The van der Waals surface area contributed by atoms with Gasteiger partial charge in [0.2, 0.25) is 17.8 Å². The van der Waals surface area contributed by atoms with E-state index in [9.17, 15) is 4.79 Å². The summed E-state index contributed by atoms with van der Waals surface area (Å²) in [5.74, 6) is 0.782. The zero-order valence-electron chi connectivity index (χ0n) is 23.1. The second-order valence-electron chi connectivity index (χ2n) is 13.0. The second-order valence-corrected chi connectivity index (χ2v) is 13.0. The van der Waals surface area contributed by atoms with Crippen LogP contribution in [0.3, 0.4) is 0 Å². The molecule has 198 valence electrons. The van der Waals surface area contributed by atoms with Crippen molar-refractivity contribution in [1.82, 2.24) is 25.6 Å². The smallest absolute Gasteiger partial charge is 0.322 e. The lowest BCUT2D eigenvalue weighted by Crippen LogP contribution is -2.65. The molecule has 0 aromatic carbocycles. The monoisotopic (exact) mass is 490 g/mol. The molecular weight excluding hydrogens is 444 g/mol. The molecule has 6 N–H and O–H groups in total. The van der Waals surface area contributed by atoms with Crippen molar-refractivity contribution in [1.29, 1.82) is 0 Å². The second kappa shape index (κ2) is 9.35. The van der Waals surface area contributed by atoms with Crippen LogP contribution >= 0.6 is 0 Å². The largest absolute Gasteiger partial charge is 0.480 e. The minimum atomic E-state index is -0.972. The number of carbonyl (C=O) groups is 1. The molecule has 1 aromatic heterocycles. The highest BCUT2D eigenvalue weighted by atomic mass is 16.4. The Balaban J connectivity index is 1.90. The fourth-order valence-corrected chi connectivity index (χ4v) is 5.96. The van der Waals surface area contributed by atoms with Gasteiger partial charge < -0.3 is 31.7 Å². The Kier molecular flexibility index (Phi) is 7.32. The first-order valence-electron chi connectivity index (χ1n) is 12.7. The Morgan fingerprint density at radius 2 is 1.17 bits per heavy atom. The topological polar surface area (TPSA) is 136 Å². The van der Waals surface area contributed by atoms with E-state index in [0.717, 1.165) is 12.8 Å². The van der Waals surface area contributed by atoms with Gasteiger partial charge in [-0.2, -0.15) is 15.0 Å². The lowest BCUT2D eigenvalue weighted by Gasteiger charge is -2.51. The number of piperidine rings is 2. The summed E-state index contributed by atoms with van der Waals surface area (Å²) in [4.78, 5) is 24.9. The molecule has 3 heterocycles. The van der Waals surface area contributed by atoms with Crippen LogP contribution in [0.15, 0.2) is 0 Å². The van der Waals surface area contributed by atoms with Crippen LogP contribution < -0.4 is 26.6 Å². The number of rotatable bonds is 7. The van der Waals surface area contributed by atoms with Crippen LogP contribution in [0, 0.1) is 11.8 Å². The van der Waals surface area contributed by atoms with Crippen LogP contribution in [0.1, 0.15) is 82.1 Å². The maximum absolute atomic E-state index is 11.2. The van der Waals surface area contributed by atoms with Gasteiger partial charge in [-0.1, -0.05) is 13.8 Å². The van der Waals surface area contributed by atoms with Gasteiger partial charge in [0.05, 0.1) is 0 Å². The van der Waals surface area contributed by atoms with E-state index in [1.54, 1.807) is 0 Å². The summed E-state index contributed by atoms with van der Waals surface area (Å²) < 4.78 is 0. The van der Waals surface area contributed by atoms with E-state index in [1.807, 2.05) is 0 Å². The van der Waals surface area contributed by atoms with Gasteiger partial charge in [0.15, 0.2) is 0 Å². The summed E-state index contributed by atoms with van der Waals surface area (Å²) in [5.41, 5.74) is -0.235. The summed E-state index contributed by atoms with van der Waals surface area (Å²) in [5, 5.41) is 26.6. The molecule has 1 aromatic rings. The zero-order chi connectivity index (χ0) is 26.4. The van der Waals surface area contributed by atoms with Crippen molar-refractivity contribution in [2.45, 2.75) is 116 Å². The molecule has 0 bridgehead atoms. The molecule has 4 unspecified atom stereocenters. The van der Waals surface area contributed by atoms with E-state index >= 15 is 0 Å². The quantitative estimate of drug-likeness (QED) is 0.338. The first kappa shape index (κ1) is 27.4. The summed E-state index contributed by atoms with van der Waals surface area (Å²) >= 11 is 0. The van der Waals surface area contributed by atoms with Gasteiger partial charge in [-0.05, 0) is 80.1 Å². The molecule has 0 radical (unpaired) electrons. The van der Waals surface area contributed by atoms with Crippen LogP contribution in [0.4, 0.5) is 17.8 Å². The third kappa shape index (κ3) is 6.73. The molecule has 3 rings (SSSR count). The zero-order valence-corrected chi connectivity index (χ0v) is 23.1. The highest BCUT2D eigenvalue weighted by Crippen LogP contribution is 2.36. The van der Waals surface area contributed by atoms with Crippen molar-refractivity contribution in [3.8, 4) is 0 Å². The van der Waals surface area contributed by atoms with E-state index in [1.165, 1.54) is 0 Å². The summed E-state index contributed by atoms with van der Waals surface area (Å²) in [6.07, 6.45) is 1.80. The van der Waals surface area contributed by atoms with Crippen molar-refractivity contribution in [2.75, 3.05) is 22.5 Å². The fraction of sp³-hybridized carbons (Fsp3) is 0.840. The minimum Gasteiger partial charge on any atom is -0.480 e. The molecule has 35 heavy (non-hydrogen) atoms. The van der Waals surface area contributed by atoms with E-state index in [2.05, 4.69) is 106 Å². The Labute approximate surface area is 210 Å². The molecule has 0 aliphatic carbocycles. The summed E-state index contributed by atoms with van der Waals surface area (Å²) in [7, 11) is 0. The molecule has 0 amide bonds. The standard InChI is InChI=1S/C25H46N8O2/c1-14-16(11-22(3,4)32-24(14,7)8)27-20-29-19(26-13-18(34)35)30-21(31-20)28-17-12-23(5,6)33-25(9,10)15(17)2/h14-17,32-33H,11-13H2,1-10H3,(H,34,35)(H3,26,27,28,29,30,31). The summed E-state index contributed by atoms with van der Waals surface area (Å²) in [6.45, 7) is 21.9. The van der Waals surface area contributed by atoms with Crippen molar-refractivity contribution >= 4 is 23.8 Å². The van der Waals surface area contributed by atoms with Crippen LogP contribution in [-0.4, -0.2) is 66.8 Å². The predicted octanol–water partition coefficient (Wildman–Crippen LogP) is 3.30. The van der Waals surface area contributed by atoms with Gasteiger partial charge in [0.1, 0.15) is 6.54 Å². The normalized spacial score (nSPS) is 30.8. The number of nitrogens with zero attached hydrogens (tertiary/aromatic N) is 3. The highest BCUT2D eigenvalue weighted by molar-refractivity contribution is 5.72. The van der Waals surface area contributed by atoms with Crippen molar-refractivity contribution < 1.29 is 9.90 Å². The number of nitrogens with one attached hydrogen (secondary N) is 5. The number of carboxylic acid groups (broad SMARTS) is 1. The Bertz CT molecular complexity index is 868. The Morgan fingerprint density at radius 3 is 1.54 bits per heavy atom. The molecule has 10 heteroatoms. The number of aromatic nitrogens is 3. The molecule has 0 spiro atoms. The SMILES string of the molecule is CC1C(Nc2nc(NCC(=O)O)nc(NC3CC(C)(C)NC(C)(C)C3C)n2)CC(C)(C)NC1(C)C. The molecule has 0 saturated carbocycles. The lowest BCUT2D eigenvalue weighted by atomic mass is 9.72. The molecule has 2 aliphatic heterocycles. The molecule has 10 nitrogen and oxygen atoms in total.